The van der Waals surface area contributed by atoms with Crippen LogP contribution in [0.25, 0.3) is 11.0 Å². The molecule has 2 N–H and O–H groups in total. The minimum atomic E-state index is -0.929. The molecule has 0 spiro atoms. The van der Waals surface area contributed by atoms with Crippen molar-refractivity contribution in [1.29, 1.82) is 0 Å². The van der Waals surface area contributed by atoms with Gasteiger partial charge in [-0.2, -0.15) is 0 Å². The Kier molecular flexibility index (Phi) is 6.06. The summed E-state index contributed by atoms with van der Waals surface area (Å²) in [6.45, 7) is 2.36. The molecule has 8 nitrogen and oxygen atoms in total. The minimum Gasteiger partial charge on any atom is -0.466 e. The normalized spacial score (nSPS) is 17.7. The number of imidazole rings is 1. The molecule has 2 aromatic rings. The molecule has 2 heterocycles. The molecule has 2 amide bonds. The van der Waals surface area contributed by atoms with E-state index in [1.54, 1.807) is 6.92 Å². The molecule has 1 aromatic carbocycles. The Hall–Kier alpha value is -3.18. The van der Waals surface area contributed by atoms with Gasteiger partial charge < -0.3 is 15.0 Å². The van der Waals surface area contributed by atoms with E-state index in [-0.39, 0.29) is 19.4 Å². The van der Waals surface area contributed by atoms with Crippen molar-refractivity contribution in [1.82, 2.24) is 20.2 Å². The number of hydrogen-bond acceptors (Lipinski definition) is 6. The van der Waals surface area contributed by atoms with Gasteiger partial charge in [-0.25, -0.2) is 4.98 Å². The van der Waals surface area contributed by atoms with E-state index in [1.807, 2.05) is 24.3 Å². The summed E-state index contributed by atoms with van der Waals surface area (Å²) in [6.07, 6.45) is 5.83. The van der Waals surface area contributed by atoms with Gasteiger partial charge in [-0.15, -0.1) is 6.42 Å². The average Bonchev–Trinajstić information content (AvgIpc) is 3.20. The minimum absolute atomic E-state index is 0.0139. The van der Waals surface area contributed by atoms with Gasteiger partial charge >= 0.3 is 5.97 Å². The molecule has 28 heavy (non-hydrogen) atoms. The lowest BCUT2D eigenvalue weighted by molar-refractivity contribution is -0.146. The zero-order valence-corrected chi connectivity index (χ0v) is 15.6. The zero-order valence-electron chi connectivity index (χ0n) is 15.6. The number of terminal acetylenes is 1. The Bertz CT molecular complexity index is 897. The van der Waals surface area contributed by atoms with Crippen LogP contribution in [0.2, 0.25) is 0 Å². The first-order valence-electron chi connectivity index (χ1n) is 9.18. The summed E-state index contributed by atoms with van der Waals surface area (Å²) in [5.41, 5.74) is 1.83. The van der Waals surface area contributed by atoms with E-state index >= 15 is 0 Å². The number of nitrogens with one attached hydrogen (secondary N) is 2. The maximum absolute atomic E-state index is 12.6. The van der Waals surface area contributed by atoms with Gasteiger partial charge in [0.1, 0.15) is 11.9 Å². The standard InChI is InChI=1S/C20H22N4O4/c1-3-13(11-19(26)28-4-2)24-18(25)12-16(20(24)27)21-10-9-17-22-14-7-5-6-8-15(14)23-17/h1,5-8,13,16,21H,4,9-12H2,2H3,(H,22,23). The predicted octanol–water partition coefficient (Wildman–Crippen LogP) is 0.777. The lowest BCUT2D eigenvalue weighted by atomic mass is 10.2. The molecule has 0 radical (unpaired) electrons. The quantitative estimate of drug-likeness (QED) is 0.397. The third kappa shape index (κ3) is 4.21. The number of benzene rings is 1. The Morgan fingerprint density at radius 2 is 2.25 bits per heavy atom. The first-order chi connectivity index (χ1) is 13.5. The highest BCUT2D eigenvalue weighted by atomic mass is 16.5. The summed E-state index contributed by atoms with van der Waals surface area (Å²) in [7, 11) is 0. The van der Waals surface area contributed by atoms with E-state index in [4.69, 9.17) is 11.2 Å². The Morgan fingerprint density at radius 3 is 2.96 bits per heavy atom. The van der Waals surface area contributed by atoms with Crippen LogP contribution >= 0.6 is 0 Å². The lowest BCUT2D eigenvalue weighted by Gasteiger charge is -2.21. The molecule has 1 fully saturated rings. The van der Waals surface area contributed by atoms with Crippen molar-refractivity contribution in [2.45, 2.75) is 38.3 Å². The number of carbonyl (C=O) groups is 3. The number of ether oxygens (including phenoxy) is 1. The van der Waals surface area contributed by atoms with E-state index < -0.39 is 29.9 Å². The Labute approximate surface area is 162 Å². The molecule has 2 unspecified atom stereocenters. The molecule has 2 atom stereocenters. The summed E-state index contributed by atoms with van der Waals surface area (Å²) in [5.74, 6) is 1.81. The number of hydrogen-bond donors (Lipinski definition) is 2. The zero-order chi connectivity index (χ0) is 20.1. The van der Waals surface area contributed by atoms with E-state index in [2.05, 4.69) is 21.2 Å². The highest BCUT2D eigenvalue weighted by Gasteiger charge is 2.42. The molecule has 1 saturated heterocycles. The van der Waals surface area contributed by atoms with Crippen LogP contribution in [0.4, 0.5) is 0 Å². The SMILES string of the molecule is C#CC(CC(=O)OCC)N1C(=O)CC(NCCc2nc3ccccc3[nH]2)C1=O. The number of esters is 1. The van der Waals surface area contributed by atoms with Crippen molar-refractivity contribution in [2.24, 2.45) is 0 Å². The number of imide groups is 1. The van der Waals surface area contributed by atoms with Gasteiger partial charge in [0.25, 0.3) is 0 Å². The largest absolute Gasteiger partial charge is 0.466 e. The first-order valence-corrected chi connectivity index (χ1v) is 9.18. The number of likely N-dealkylation sites (tertiary alicyclic amines) is 1. The molecule has 1 aromatic heterocycles. The van der Waals surface area contributed by atoms with Gasteiger partial charge in [0.2, 0.25) is 11.8 Å². The van der Waals surface area contributed by atoms with Crippen molar-refractivity contribution in [3.05, 3.63) is 30.1 Å². The summed E-state index contributed by atoms with van der Waals surface area (Å²) >= 11 is 0. The smallest absolute Gasteiger partial charge is 0.308 e. The van der Waals surface area contributed by atoms with Crippen LogP contribution in [0, 0.1) is 12.3 Å². The van der Waals surface area contributed by atoms with Gasteiger partial charge in [-0.05, 0) is 19.1 Å². The molecule has 0 aliphatic carbocycles. The molecule has 3 rings (SSSR count). The molecular weight excluding hydrogens is 360 g/mol. The van der Waals surface area contributed by atoms with E-state index in [0.717, 1.165) is 21.8 Å². The van der Waals surface area contributed by atoms with Gasteiger partial charge in [0.15, 0.2) is 0 Å². The molecule has 146 valence electrons. The molecule has 1 aliphatic heterocycles. The number of carbonyl (C=O) groups excluding carboxylic acids is 3. The van der Waals surface area contributed by atoms with Crippen LogP contribution in [0.15, 0.2) is 24.3 Å². The van der Waals surface area contributed by atoms with Crippen LogP contribution in [-0.4, -0.2) is 57.9 Å². The van der Waals surface area contributed by atoms with Crippen molar-refractivity contribution in [2.75, 3.05) is 13.2 Å². The van der Waals surface area contributed by atoms with Crippen LogP contribution in [0.3, 0.4) is 0 Å². The Balaban J connectivity index is 1.56. The second-order valence-corrected chi connectivity index (χ2v) is 6.46. The number of aromatic amines is 1. The van der Waals surface area contributed by atoms with Gasteiger partial charge in [0, 0.05) is 13.0 Å². The number of rotatable bonds is 8. The third-order valence-corrected chi connectivity index (χ3v) is 4.54. The lowest BCUT2D eigenvalue weighted by Crippen LogP contribution is -2.44. The maximum atomic E-state index is 12.6. The predicted molar refractivity (Wildman–Crippen MR) is 102 cm³/mol. The fraction of sp³-hybridized carbons (Fsp3) is 0.400. The first kappa shape index (κ1) is 19.6. The highest BCUT2D eigenvalue weighted by Crippen LogP contribution is 2.19. The summed E-state index contributed by atoms with van der Waals surface area (Å²) in [6, 6.07) is 6.12. The fourth-order valence-corrected chi connectivity index (χ4v) is 3.23. The number of amides is 2. The van der Waals surface area contributed by atoms with E-state index in [9.17, 15) is 14.4 Å². The molecule has 0 saturated carbocycles. The number of aromatic nitrogens is 2. The van der Waals surface area contributed by atoms with Crippen LogP contribution < -0.4 is 5.32 Å². The number of para-hydroxylation sites is 2. The average molecular weight is 382 g/mol. The van der Waals surface area contributed by atoms with Crippen LogP contribution in [0.1, 0.15) is 25.6 Å². The van der Waals surface area contributed by atoms with Crippen molar-refractivity contribution < 1.29 is 19.1 Å². The molecule has 1 aliphatic rings. The van der Waals surface area contributed by atoms with Crippen molar-refractivity contribution in [3.8, 4) is 12.3 Å². The molecule has 8 heteroatoms. The number of fused-ring (bicyclic) bond motifs is 1. The van der Waals surface area contributed by atoms with Crippen LogP contribution in [0.5, 0.6) is 0 Å². The van der Waals surface area contributed by atoms with Crippen molar-refractivity contribution >= 4 is 28.8 Å². The van der Waals surface area contributed by atoms with Gasteiger partial charge in [-0.3, -0.25) is 19.3 Å². The highest BCUT2D eigenvalue weighted by molar-refractivity contribution is 6.06. The molecular formula is C20H22N4O4. The monoisotopic (exact) mass is 382 g/mol. The fourth-order valence-electron chi connectivity index (χ4n) is 3.23. The van der Waals surface area contributed by atoms with Gasteiger partial charge in [-0.1, -0.05) is 18.1 Å². The summed E-state index contributed by atoms with van der Waals surface area (Å²) in [4.78, 5) is 45.3. The summed E-state index contributed by atoms with van der Waals surface area (Å²) < 4.78 is 4.86. The summed E-state index contributed by atoms with van der Waals surface area (Å²) in [5, 5.41) is 3.09. The number of H-pyrrole nitrogens is 1. The van der Waals surface area contributed by atoms with Gasteiger partial charge in [0.05, 0.1) is 36.5 Å². The van der Waals surface area contributed by atoms with E-state index in [0.29, 0.717) is 13.0 Å². The second kappa shape index (κ2) is 8.67. The van der Waals surface area contributed by atoms with Crippen LogP contribution in [-0.2, 0) is 25.5 Å². The maximum Gasteiger partial charge on any atom is 0.308 e. The topological polar surface area (TPSA) is 104 Å². The second-order valence-electron chi connectivity index (χ2n) is 6.46. The van der Waals surface area contributed by atoms with E-state index in [1.165, 1.54) is 0 Å². The molecule has 0 bridgehead atoms. The Morgan fingerprint density at radius 1 is 1.46 bits per heavy atom. The van der Waals surface area contributed by atoms with Crippen molar-refractivity contribution in [3.63, 3.8) is 0 Å². The number of nitrogens with zero attached hydrogens (tertiary/aromatic N) is 2. The third-order valence-electron chi connectivity index (χ3n) is 4.54.